The maximum Gasteiger partial charge on any atom is 0.115 e. The van der Waals surface area contributed by atoms with E-state index in [9.17, 15) is 5.11 Å². The van der Waals surface area contributed by atoms with Gasteiger partial charge in [-0.05, 0) is 62.4 Å². The molecule has 2 N–H and O–H groups in total. The molecule has 1 rings (SSSR count). The van der Waals surface area contributed by atoms with Crippen molar-refractivity contribution in [1.29, 1.82) is 0 Å². The number of aromatic hydroxyl groups is 1. The number of benzene rings is 1. The third-order valence-corrected chi connectivity index (χ3v) is 3.52. The Balaban J connectivity index is 2.14. The average Bonchev–Trinajstić information content (AvgIpc) is 2.34. The highest BCUT2D eigenvalue weighted by molar-refractivity contribution is 7.98. The Morgan fingerprint density at radius 2 is 2.00 bits per heavy atom. The lowest BCUT2D eigenvalue weighted by Crippen LogP contribution is -2.27. The second-order valence-corrected chi connectivity index (χ2v) is 5.39. The van der Waals surface area contributed by atoms with E-state index in [2.05, 4.69) is 18.5 Å². The Morgan fingerprint density at radius 1 is 1.29 bits per heavy atom. The second-order valence-electron chi connectivity index (χ2n) is 4.41. The lowest BCUT2D eigenvalue weighted by molar-refractivity contribution is 0.474. The van der Waals surface area contributed by atoms with Crippen LogP contribution in [0.2, 0.25) is 0 Å². The molecule has 0 fully saturated rings. The van der Waals surface area contributed by atoms with Gasteiger partial charge in [-0.15, -0.1) is 0 Å². The van der Waals surface area contributed by atoms with E-state index < -0.39 is 0 Å². The van der Waals surface area contributed by atoms with Crippen LogP contribution in [0.1, 0.15) is 25.3 Å². The van der Waals surface area contributed by atoms with Crippen LogP contribution in [0.15, 0.2) is 24.3 Å². The molecule has 1 atom stereocenters. The summed E-state index contributed by atoms with van der Waals surface area (Å²) >= 11 is 1.90. The molecule has 96 valence electrons. The van der Waals surface area contributed by atoms with Crippen LogP contribution in [0.4, 0.5) is 0 Å². The zero-order valence-corrected chi connectivity index (χ0v) is 11.6. The average molecular weight is 253 g/mol. The van der Waals surface area contributed by atoms with Crippen LogP contribution in [0.3, 0.4) is 0 Å². The quantitative estimate of drug-likeness (QED) is 0.698. The first-order valence-electron chi connectivity index (χ1n) is 6.22. The number of phenols is 1. The first-order valence-corrected chi connectivity index (χ1v) is 7.62. The molecule has 0 saturated heterocycles. The standard InChI is InChI=1S/C14H23NOS/c1-12(15-10-3-11-17-2)4-5-13-6-8-14(16)9-7-13/h6-9,12,15-16H,3-5,10-11H2,1-2H3. The highest BCUT2D eigenvalue weighted by atomic mass is 32.2. The molecule has 0 saturated carbocycles. The molecule has 0 aliphatic carbocycles. The SMILES string of the molecule is CSCCCNC(C)CCc1ccc(O)cc1. The molecule has 0 bridgehead atoms. The lowest BCUT2D eigenvalue weighted by atomic mass is 10.1. The van der Waals surface area contributed by atoms with Crippen LogP contribution in [-0.2, 0) is 6.42 Å². The van der Waals surface area contributed by atoms with Crippen LogP contribution in [-0.4, -0.2) is 29.7 Å². The molecule has 3 heteroatoms. The minimum Gasteiger partial charge on any atom is -0.508 e. The number of hydrogen-bond acceptors (Lipinski definition) is 3. The van der Waals surface area contributed by atoms with Crippen molar-refractivity contribution in [1.82, 2.24) is 5.32 Å². The molecular weight excluding hydrogens is 230 g/mol. The van der Waals surface area contributed by atoms with Crippen molar-refractivity contribution in [3.8, 4) is 5.75 Å². The Bertz CT molecular complexity index is 300. The van der Waals surface area contributed by atoms with Gasteiger partial charge in [0.15, 0.2) is 0 Å². The normalized spacial score (nSPS) is 12.6. The van der Waals surface area contributed by atoms with Gasteiger partial charge < -0.3 is 10.4 Å². The fourth-order valence-electron chi connectivity index (χ4n) is 1.71. The van der Waals surface area contributed by atoms with E-state index in [0.717, 1.165) is 19.4 Å². The second kappa shape index (κ2) is 8.43. The maximum atomic E-state index is 9.19. The molecule has 1 unspecified atom stereocenters. The number of phenolic OH excluding ortho intramolecular Hbond substituents is 1. The topological polar surface area (TPSA) is 32.3 Å². The number of thioether (sulfide) groups is 1. The van der Waals surface area contributed by atoms with Gasteiger partial charge in [0, 0.05) is 6.04 Å². The lowest BCUT2D eigenvalue weighted by Gasteiger charge is -2.13. The molecule has 0 aliphatic rings. The molecule has 17 heavy (non-hydrogen) atoms. The Morgan fingerprint density at radius 3 is 2.65 bits per heavy atom. The van der Waals surface area contributed by atoms with Crippen molar-refractivity contribution in [3.63, 3.8) is 0 Å². The van der Waals surface area contributed by atoms with Crippen LogP contribution in [0.25, 0.3) is 0 Å². The summed E-state index contributed by atoms with van der Waals surface area (Å²) < 4.78 is 0. The predicted molar refractivity (Wildman–Crippen MR) is 76.9 cm³/mol. The molecule has 1 aromatic rings. The van der Waals surface area contributed by atoms with Gasteiger partial charge >= 0.3 is 0 Å². The summed E-state index contributed by atoms with van der Waals surface area (Å²) in [5.74, 6) is 1.58. The van der Waals surface area contributed by atoms with Crippen LogP contribution in [0.5, 0.6) is 5.75 Å². The van der Waals surface area contributed by atoms with Crippen molar-refractivity contribution >= 4 is 11.8 Å². The zero-order chi connectivity index (χ0) is 12.5. The van der Waals surface area contributed by atoms with Gasteiger partial charge in [-0.2, -0.15) is 11.8 Å². The summed E-state index contributed by atoms with van der Waals surface area (Å²) in [7, 11) is 0. The van der Waals surface area contributed by atoms with Crippen molar-refractivity contribution in [2.45, 2.75) is 32.2 Å². The summed E-state index contributed by atoms with van der Waals surface area (Å²) in [5.41, 5.74) is 1.29. The van der Waals surface area contributed by atoms with E-state index in [4.69, 9.17) is 0 Å². The first kappa shape index (κ1) is 14.4. The largest absolute Gasteiger partial charge is 0.508 e. The number of nitrogens with one attached hydrogen (secondary N) is 1. The number of hydrogen-bond donors (Lipinski definition) is 2. The summed E-state index contributed by atoms with van der Waals surface area (Å²) in [4.78, 5) is 0. The van der Waals surface area contributed by atoms with Crippen molar-refractivity contribution in [3.05, 3.63) is 29.8 Å². The number of aryl methyl sites for hydroxylation is 1. The van der Waals surface area contributed by atoms with Crippen molar-refractivity contribution in [2.24, 2.45) is 0 Å². The summed E-state index contributed by atoms with van der Waals surface area (Å²) in [6, 6.07) is 8.06. The third kappa shape index (κ3) is 6.59. The maximum absolute atomic E-state index is 9.19. The molecule has 0 radical (unpaired) electrons. The molecule has 1 aromatic carbocycles. The van der Waals surface area contributed by atoms with Gasteiger partial charge in [0.05, 0.1) is 0 Å². The van der Waals surface area contributed by atoms with E-state index in [-0.39, 0.29) is 0 Å². The van der Waals surface area contributed by atoms with Gasteiger partial charge in [-0.3, -0.25) is 0 Å². The predicted octanol–water partition coefficient (Wildman–Crippen LogP) is 3.06. The molecular formula is C14H23NOS. The molecule has 0 heterocycles. The highest BCUT2D eigenvalue weighted by Crippen LogP contribution is 2.11. The molecule has 0 spiro atoms. The fraction of sp³-hybridized carbons (Fsp3) is 0.571. The molecule has 0 amide bonds. The first-order chi connectivity index (χ1) is 8.22. The van der Waals surface area contributed by atoms with E-state index in [1.807, 2.05) is 23.9 Å². The smallest absolute Gasteiger partial charge is 0.115 e. The molecule has 2 nitrogen and oxygen atoms in total. The van der Waals surface area contributed by atoms with Gasteiger partial charge in [-0.1, -0.05) is 12.1 Å². The monoisotopic (exact) mass is 253 g/mol. The molecule has 0 aromatic heterocycles. The number of rotatable bonds is 8. The van der Waals surface area contributed by atoms with E-state index in [1.54, 1.807) is 12.1 Å². The van der Waals surface area contributed by atoms with Gasteiger partial charge in [0.25, 0.3) is 0 Å². The highest BCUT2D eigenvalue weighted by Gasteiger charge is 2.01. The fourth-order valence-corrected chi connectivity index (χ4v) is 2.15. The Kier molecular flexibility index (Phi) is 7.13. The van der Waals surface area contributed by atoms with Crippen LogP contribution >= 0.6 is 11.8 Å². The Hall–Kier alpha value is -0.670. The van der Waals surface area contributed by atoms with Crippen molar-refractivity contribution < 1.29 is 5.11 Å². The summed E-state index contributed by atoms with van der Waals surface area (Å²) in [5, 5.41) is 12.7. The summed E-state index contributed by atoms with van der Waals surface area (Å²) in [6.07, 6.45) is 5.60. The van der Waals surface area contributed by atoms with E-state index >= 15 is 0 Å². The minimum atomic E-state index is 0.344. The molecule has 0 aliphatic heterocycles. The van der Waals surface area contributed by atoms with E-state index in [1.165, 1.54) is 17.7 Å². The van der Waals surface area contributed by atoms with Crippen LogP contribution < -0.4 is 5.32 Å². The summed E-state index contributed by atoms with van der Waals surface area (Å²) in [6.45, 7) is 3.34. The van der Waals surface area contributed by atoms with Gasteiger partial charge in [0.2, 0.25) is 0 Å². The van der Waals surface area contributed by atoms with Crippen molar-refractivity contribution in [2.75, 3.05) is 18.6 Å². The van der Waals surface area contributed by atoms with Gasteiger partial charge in [-0.25, -0.2) is 0 Å². The minimum absolute atomic E-state index is 0.344. The van der Waals surface area contributed by atoms with Gasteiger partial charge in [0.1, 0.15) is 5.75 Å². The third-order valence-electron chi connectivity index (χ3n) is 2.82. The van der Waals surface area contributed by atoms with E-state index in [0.29, 0.717) is 11.8 Å². The zero-order valence-electron chi connectivity index (χ0n) is 10.8. The van der Waals surface area contributed by atoms with Crippen LogP contribution in [0, 0.1) is 0 Å². The Labute approximate surface area is 109 Å².